The number of hydrogen-bond acceptors (Lipinski definition) is 5. The van der Waals surface area contributed by atoms with Gasteiger partial charge in [0.25, 0.3) is 5.91 Å². The first-order valence-corrected chi connectivity index (χ1v) is 6.99. The maximum Gasteiger partial charge on any atom is 0.277 e. The van der Waals surface area contributed by atoms with Crippen molar-refractivity contribution < 1.29 is 13.6 Å². The molecule has 1 N–H and O–H groups in total. The first-order chi connectivity index (χ1) is 10.5. The molecule has 0 aliphatic rings. The van der Waals surface area contributed by atoms with Crippen molar-refractivity contribution in [2.75, 3.05) is 5.32 Å². The second-order valence-corrected chi connectivity index (χ2v) is 5.22. The monoisotopic (exact) mass is 321 g/mol. The highest BCUT2D eigenvalue weighted by molar-refractivity contribution is 7.14. The molecule has 0 atom stereocenters. The van der Waals surface area contributed by atoms with Crippen LogP contribution in [-0.2, 0) is 7.05 Å². The number of hydrogen-bond donors (Lipinski definition) is 1. The van der Waals surface area contributed by atoms with Gasteiger partial charge in [0.1, 0.15) is 17.3 Å². The van der Waals surface area contributed by atoms with E-state index in [0.29, 0.717) is 0 Å². The Morgan fingerprint density at radius 2 is 2.18 bits per heavy atom. The number of nitrogens with one attached hydrogen (secondary N) is 1. The molecule has 2 aromatic heterocycles. The summed E-state index contributed by atoms with van der Waals surface area (Å²) in [6.07, 6.45) is 1.32. The zero-order valence-corrected chi connectivity index (χ0v) is 12.1. The van der Waals surface area contributed by atoms with Gasteiger partial charge in [-0.15, -0.1) is 16.4 Å². The Bertz CT molecular complexity index is 845. The molecule has 0 aliphatic heterocycles. The van der Waals surface area contributed by atoms with Crippen molar-refractivity contribution in [1.29, 1.82) is 0 Å². The number of rotatable bonds is 3. The molecule has 0 saturated carbocycles. The summed E-state index contributed by atoms with van der Waals surface area (Å²) < 4.78 is 28.2. The first-order valence-electron chi connectivity index (χ1n) is 6.11. The summed E-state index contributed by atoms with van der Waals surface area (Å²) >= 11 is 1.11. The highest BCUT2D eigenvalue weighted by atomic mass is 32.1. The number of aromatic nitrogens is 4. The van der Waals surface area contributed by atoms with Crippen molar-refractivity contribution in [1.82, 2.24) is 20.0 Å². The van der Waals surface area contributed by atoms with Gasteiger partial charge in [0.05, 0.1) is 11.9 Å². The van der Waals surface area contributed by atoms with Crippen LogP contribution in [0.25, 0.3) is 11.3 Å². The molecule has 0 aliphatic carbocycles. The van der Waals surface area contributed by atoms with Crippen molar-refractivity contribution in [3.05, 3.63) is 47.1 Å². The lowest BCUT2D eigenvalue weighted by atomic mass is 10.1. The number of benzene rings is 1. The Hall–Kier alpha value is -2.68. The molecular weight excluding hydrogens is 312 g/mol. The van der Waals surface area contributed by atoms with E-state index in [-0.39, 0.29) is 22.1 Å². The smallest absolute Gasteiger partial charge is 0.277 e. The summed E-state index contributed by atoms with van der Waals surface area (Å²) in [5.74, 6) is -1.58. The van der Waals surface area contributed by atoms with Gasteiger partial charge >= 0.3 is 0 Å². The molecule has 0 saturated heterocycles. The molecule has 0 radical (unpaired) electrons. The van der Waals surface area contributed by atoms with E-state index in [9.17, 15) is 13.6 Å². The Morgan fingerprint density at radius 3 is 2.91 bits per heavy atom. The topological polar surface area (TPSA) is 72.7 Å². The van der Waals surface area contributed by atoms with Crippen LogP contribution in [0.3, 0.4) is 0 Å². The molecule has 0 unspecified atom stereocenters. The maximum absolute atomic E-state index is 13.7. The molecule has 0 spiro atoms. The fourth-order valence-electron chi connectivity index (χ4n) is 1.81. The summed E-state index contributed by atoms with van der Waals surface area (Å²) in [4.78, 5) is 16.1. The van der Waals surface area contributed by atoms with Crippen LogP contribution < -0.4 is 5.32 Å². The Kier molecular flexibility index (Phi) is 3.63. The number of anilines is 1. The molecule has 6 nitrogen and oxygen atoms in total. The zero-order chi connectivity index (χ0) is 15.7. The van der Waals surface area contributed by atoms with Gasteiger partial charge in [0, 0.05) is 18.0 Å². The predicted octanol–water partition coefficient (Wildman–Crippen LogP) is 2.47. The Morgan fingerprint density at radius 1 is 1.36 bits per heavy atom. The van der Waals surface area contributed by atoms with E-state index in [1.807, 2.05) is 0 Å². The van der Waals surface area contributed by atoms with Gasteiger partial charge in [-0.3, -0.25) is 10.1 Å². The second kappa shape index (κ2) is 5.60. The fourth-order valence-corrected chi connectivity index (χ4v) is 2.51. The van der Waals surface area contributed by atoms with Gasteiger partial charge in [0.15, 0.2) is 5.13 Å². The van der Waals surface area contributed by atoms with Gasteiger partial charge in [0.2, 0.25) is 0 Å². The van der Waals surface area contributed by atoms with E-state index in [1.54, 1.807) is 7.05 Å². The maximum atomic E-state index is 13.7. The minimum atomic E-state index is -0.583. The molecule has 1 amide bonds. The van der Waals surface area contributed by atoms with Gasteiger partial charge in [-0.05, 0) is 18.2 Å². The second-order valence-electron chi connectivity index (χ2n) is 4.36. The van der Waals surface area contributed by atoms with E-state index in [1.165, 1.54) is 16.3 Å². The van der Waals surface area contributed by atoms with Gasteiger partial charge in [-0.1, -0.05) is 5.21 Å². The molecule has 1 aromatic carbocycles. The number of carbonyl (C=O) groups is 1. The van der Waals surface area contributed by atoms with Crippen LogP contribution >= 0.6 is 11.3 Å². The highest BCUT2D eigenvalue weighted by Gasteiger charge is 2.15. The van der Waals surface area contributed by atoms with Gasteiger partial charge in [-0.25, -0.2) is 18.4 Å². The number of carbonyl (C=O) groups excluding carboxylic acids is 1. The van der Waals surface area contributed by atoms with Crippen LogP contribution in [0.1, 0.15) is 10.5 Å². The summed E-state index contributed by atoms with van der Waals surface area (Å²) in [6.45, 7) is 0. The van der Waals surface area contributed by atoms with Gasteiger partial charge in [-0.2, -0.15) is 0 Å². The molecular formula is C13H9F2N5OS. The average molecular weight is 321 g/mol. The number of aryl methyl sites for hydroxylation is 1. The van der Waals surface area contributed by atoms with Crippen LogP contribution in [0.4, 0.5) is 13.9 Å². The molecule has 22 heavy (non-hydrogen) atoms. The molecule has 3 aromatic rings. The van der Waals surface area contributed by atoms with Crippen molar-refractivity contribution in [2.45, 2.75) is 0 Å². The summed E-state index contributed by atoms with van der Waals surface area (Å²) in [7, 11) is 1.58. The first kappa shape index (κ1) is 14.3. The normalized spacial score (nSPS) is 10.7. The van der Waals surface area contributed by atoms with Crippen LogP contribution in [0.5, 0.6) is 0 Å². The lowest BCUT2D eigenvalue weighted by molar-refractivity contribution is 0.101. The Labute approximate surface area is 127 Å². The lowest BCUT2D eigenvalue weighted by Crippen LogP contribution is -2.15. The van der Waals surface area contributed by atoms with Crippen molar-refractivity contribution >= 4 is 22.4 Å². The number of nitrogens with zero attached hydrogens (tertiary/aromatic N) is 4. The quantitative estimate of drug-likeness (QED) is 0.804. The summed E-state index contributed by atoms with van der Waals surface area (Å²) in [5, 5.41) is 11.6. The fraction of sp³-hybridized carbons (Fsp3) is 0.0769. The van der Waals surface area contributed by atoms with Crippen LogP contribution in [0, 0.1) is 11.6 Å². The number of thiazole rings is 1. The van der Waals surface area contributed by atoms with Crippen LogP contribution in [0.15, 0.2) is 29.8 Å². The van der Waals surface area contributed by atoms with Crippen LogP contribution in [-0.4, -0.2) is 25.9 Å². The van der Waals surface area contributed by atoms with E-state index >= 15 is 0 Å². The molecule has 9 heteroatoms. The number of amides is 1. The molecule has 112 valence electrons. The lowest BCUT2D eigenvalue weighted by Gasteiger charge is -2.01. The number of halogens is 2. The standard InChI is InChI=1S/C13H9F2N5OS/c1-20-11(5-16-19-20)12(21)18-13-17-10(6-22-13)8-4-7(14)2-3-9(8)15/h2-6H,1H3,(H,17,18,21). The summed E-state index contributed by atoms with van der Waals surface area (Å²) in [6, 6.07) is 3.12. The van der Waals surface area contributed by atoms with Crippen molar-refractivity contribution in [3.63, 3.8) is 0 Å². The minimum absolute atomic E-state index is 0.0407. The largest absolute Gasteiger partial charge is 0.296 e. The van der Waals surface area contributed by atoms with Crippen LogP contribution in [0.2, 0.25) is 0 Å². The van der Waals surface area contributed by atoms with Crippen molar-refractivity contribution in [3.8, 4) is 11.3 Å². The van der Waals surface area contributed by atoms with E-state index in [2.05, 4.69) is 20.6 Å². The predicted molar refractivity (Wildman–Crippen MR) is 76.4 cm³/mol. The molecule has 0 bridgehead atoms. The average Bonchev–Trinajstić information content (AvgIpc) is 3.10. The minimum Gasteiger partial charge on any atom is -0.296 e. The third kappa shape index (κ3) is 2.70. The SMILES string of the molecule is Cn1nncc1C(=O)Nc1nc(-c2cc(F)ccc2F)cs1. The van der Waals surface area contributed by atoms with E-state index in [0.717, 1.165) is 29.5 Å². The third-order valence-corrected chi connectivity index (χ3v) is 3.63. The molecule has 0 fully saturated rings. The van der Waals surface area contributed by atoms with E-state index < -0.39 is 17.5 Å². The highest BCUT2D eigenvalue weighted by Crippen LogP contribution is 2.27. The molecule has 3 rings (SSSR count). The summed E-state index contributed by atoms with van der Waals surface area (Å²) in [5.41, 5.74) is 0.549. The van der Waals surface area contributed by atoms with E-state index in [4.69, 9.17) is 0 Å². The Balaban J connectivity index is 1.84. The zero-order valence-electron chi connectivity index (χ0n) is 11.2. The van der Waals surface area contributed by atoms with Crippen molar-refractivity contribution in [2.24, 2.45) is 7.05 Å². The molecule has 2 heterocycles. The third-order valence-electron chi connectivity index (χ3n) is 2.88. The van der Waals surface area contributed by atoms with Gasteiger partial charge < -0.3 is 0 Å².